The Morgan fingerprint density at radius 1 is 1.00 bits per heavy atom. The average molecular weight is 472 g/mol. The number of methoxy groups -OCH3 is 1. The zero-order chi connectivity index (χ0) is 23.3. The van der Waals surface area contributed by atoms with Crippen molar-refractivity contribution in [1.29, 1.82) is 0 Å². The van der Waals surface area contributed by atoms with Crippen molar-refractivity contribution < 1.29 is 17.9 Å². The lowest BCUT2D eigenvalue weighted by Crippen LogP contribution is -2.48. The lowest BCUT2D eigenvalue weighted by molar-refractivity contribution is 0.0628. The molecule has 1 N–H and O–H groups in total. The molecule has 0 spiro atoms. The summed E-state index contributed by atoms with van der Waals surface area (Å²) >= 11 is 0. The molecule has 0 radical (unpaired) electrons. The molecule has 0 aromatic heterocycles. The lowest BCUT2D eigenvalue weighted by atomic mass is 9.96. The Kier molecular flexibility index (Phi) is 7.67. The summed E-state index contributed by atoms with van der Waals surface area (Å²) in [6, 6.07) is 14.9. The Morgan fingerprint density at radius 3 is 2.36 bits per heavy atom. The van der Waals surface area contributed by atoms with Crippen LogP contribution in [0.25, 0.3) is 0 Å². The molecule has 1 saturated heterocycles. The number of rotatable bonds is 7. The van der Waals surface area contributed by atoms with E-state index in [-0.39, 0.29) is 22.6 Å². The van der Waals surface area contributed by atoms with E-state index < -0.39 is 10.0 Å². The standard InChI is InChI=1S/C25H33N3O4S/c1-32-23-13-12-21(18-24(23)33(30,31)26-22-10-6-3-7-11-22)25(29)28-16-14-27(15-17-28)19-20-8-4-2-5-9-20/h2,4-5,8-9,12-13,18,22,26H,3,6-7,10-11,14-17,19H2,1H3. The first-order chi connectivity index (χ1) is 16.0. The van der Waals surface area contributed by atoms with Crippen LogP contribution >= 0.6 is 0 Å². The van der Waals surface area contributed by atoms with Gasteiger partial charge in [0.2, 0.25) is 10.0 Å². The van der Waals surface area contributed by atoms with Gasteiger partial charge in [0.15, 0.2) is 0 Å². The number of sulfonamides is 1. The van der Waals surface area contributed by atoms with E-state index in [0.717, 1.165) is 51.7 Å². The van der Waals surface area contributed by atoms with Gasteiger partial charge in [-0.15, -0.1) is 0 Å². The van der Waals surface area contributed by atoms with Gasteiger partial charge in [0, 0.05) is 44.3 Å². The molecule has 0 unspecified atom stereocenters. The fourth-order valence-electron chi connectivity index (χ4n) is 4.66. The summed E-state index contributed by atoms with van der Waals surface area (Å²) in [7, 11) is -2.34. The van der Waals surface area contributed by atoms with Crippen molar-refractivity contribution in [2.75, 3.05) is 33.3 Å². The van der Waals surface area contributed by atoms with Crippen molar-refractivity contribution >= 4 is 15.9 Å². The first kappa shape index (κ1) is 23.7. The molecule has 178 valence electrons. The summed E-state index contributed by atoms with van der Waals surface area (Å²) in [5, 5.41) is 0. The van der Waals surface area contributed by atoms with Crippen LogP contribution in [-0.2, 0) is 16.6 Å². The maximum Gasteiger partial charge on any atom is 0.253 e. The van der Waals surface area contributed by atoms with Gasteiger partial charge < -0.3 is 9.64 Å². The van der Waals surface area contributed by atoms with Gasteiger partial charge >= 0.3 is 0 Å². The molecule has 0 bridgehead atoms. The molecule has 2 aromatic rings. The third kappa shape index (κ3) is 5.93. The minimum atomic E-state index is -3.79. The van der Waals surface area contributed by atoms with E-state index in [9.17, 15) is 13.2 Å². The topological polar surface area (TPSA) is 79.0 Å². The minimum absolute atomic E-state index is 0.0316. The quantitative estimate of drug-likeness (QED) is 0.671. The van der Waals surface area contributed by atoms with Crippen LogP contribution in [0.15, 0.2) is 53.4 Å². The second kappa shape index (κ2) is 10.7. The Labute approximate surface area is 196 Å². The lowest BCUT2D eigenvalue weighted by Gasteiger charge is -2.35. The second-order valence-electron chi connectivity index (χ2n) is 8.88. The van der Waals surface area contributed by atoms with Crippen molar-refractivity contribution in [3.8, 4) is 5.75 Å². The third-order valence-corrected chi connectivity index (χ3v) is 8.08. The molecule has 1 amide bonds. The van der Waals surface area contributed by atoms with Crippen LogP contribution in [0.4, 0.5) is 0 Å². The van der Waals surface area contributed by atoms with E-state index in [1.54, 1.807) is 17.0 Å². The van der Waals surface area contributed by atoms with Crippen molar-refractivity contribution in [2.24, 2.45) is 0 Å². The Balaban J connectivity index is 1.44. The number of hydrogen-bond donors (Lipinski definition) is 1. The zero-order valence-corrected chi connectivity index (χ0v) is 20.0. The van der Waals surface area contributed by atoms with Gasteiger partial charge in [-0.3, -0.25) is 9.69 Å². The molecule has 4 rings (SSSR count). The van der Waals surface area contributed by atoms with Gasteiger partial charge in [0.05, 0.1) is 7.11 Å². The summed E-state index contributed by atoms with van der Waals surface area (Å²) in [5.74, 6) is 0.105. The maximum atomic E-state index is 13.2. The largest absolute Gasteiger partial charge is 0.495 e. The van der Waals surface area contributed by atoms with Gasteiger partial charge in [-0.1, -0.05) is 49.6 Å². The van der Waals surface area contributed by atoms with Gasteiger partial charge in [-0.25, -0.2) is 13.1 Å². The highest BCUT2D eigenvalue weighted by atomic mass is 32.2. The molecule has 0 atom stereocenters. The monoisotopic (exact) mass is 471 g/mol. The SMILES string of the molecule is COc1ccc(C(=O)N2CCN(Cc3ccccc3)CC2)cc1S(=O)(=O)NC1CCCCC1. The highest BCUT2D eigenvalue weighted by molar-refractivity contribution is 7.89. The molecular weight excluding hydrogens is 438 g/mol. The number of benzene rings is 2. The van der Waals surface area contributed by atoms with E-state index >= 15 is 0 Å². The normalized spacial score (nSPS) is 18.3. The van der Waals surface area contributed by atoms with Gasteiger partial charge in [0.1, 0.15) is 10.6 Å². The average Bonchev–Trinajstić information content (AvgIpc) is 2.85. The van der Waals surface area contributed by atoms with Crippen LogP contribution in [0.5, 0.6) is 5.75 Å². The van der Waals surface area contributed by atoms with Crippen molar-refractivity contribution in [3.63, 3.8) is 0 Å². The molecule has 1 saturated carbocycles. The van der Waals surface area contributed by atoms with E-state index in [1.807, 2.05) is 18.2 Å². The van der Waals surface area contributed by atoms with E-state index in [4.69, 9.17) is 4.74 Å². The number of hydrogen-bond acceptors (Lipinski definition) is 5. The molecule has 1 heterocycles. The van der Waals surface area contributed by atoms with Crippen molar-refractivity contribution in [3.05, 3.63) is 59.7 Å². The molecule has 33 heavy (non-hydrogen) atoms. The number of carbonyl (C=O) groups excluding carboxylic acids is 1. The summed E-state index contributed by atoms with van der Waals surface area (Å²) in [5.41, 5.74) is 1.63. The minimum Gasteiger partial charge on any atom is -0.495 e. The van der Waals surface area contributed by atoms with Crippen LogP contribution in [0, 0.1) is 0 Å². The van der Waals surface area contributed by atoms with E-state index in [0.29, 0.717) is 18.7 Å². The fourth-order valence-corrected chi connectivity index (χ4v) is 6.16. The van der Waals surface area contributed by atoms with Crippen LogP contribution < -0.4 is 9.46 Å². The smallest absolute Gasteiger partial charge is 0.253 e. The van der Waals surface area contributed by atoms with Crippen LogP contribution in [-0.4, -0.2) is 63.5 Å². The second-order valence-corrected chi connectivity index (χ2v) is 10.6. The fraction of sp³-hybridized carbons (Fsp3) is 0.480. The first-order valence-corrected chi connectivity index (χ1v) is 13.2. The number of carbonyl (C=O) groups is 1. The molecule has 2 aromatic carbocycles. The third-order valence-electron chi connectivity index (χ3n) is 6.54. The predicted molar refractivity (Wildman–Crippen MR) is 128 cm³/mol. The van der Waals surface area contributed by atoms with E-state index in [2.05, 4.69) is 21.8 Å². The zero-order valence-electron chi connectivity index (χ0n) is 19.2. The maximum absolute atomic E-state index is 13.2. The molecule has 2 aliphatic rings. The summed E-state index contributed by atoms with van der Waals surface area (Å²) in [6.07, 6.45) is 4.88. The Hall–Kier alpha value is -2.42. The highest BCUT2D eigenvalue weighted by Crippen LogP contribution is 2.27. The van der Waals surface area contributed by atoms with E-state index in [1.165, 1.54) is 18.7 Å². The predicted octanol–water partition coefficient (Wildman–Crippen LogP) is 3.26. The first-order valence-electron chi connectivity index (χ1n) is 11.7. The van der Waals surface area contributed by atoms with Gasteiger partial charge in [-0.2, -0.15) is 0 Å². The number of amides is 1. The van der Waals surface area contributed by atoms with Gasteiger partial charge in [0.25, 0.3) is 5.91 Å². The molecule has 1 aliphatic carbocycles. The summed E-state index contributed by atoms with van der Waals surface area (Å²) in [6.45, 7) is 3.65. The molecule has 2 fully saturated rings. The summed E-state index contributed by atoms with van der Waals surface area (Å²) < 4.78 is 34.4. The molecule has 7 nitrogen and oxygen atoms in total. The summed E-state index contributed by atoms with van der Waals surface area (Å²) in [4.78, 5) is 17.3. The van der Waals surface area contributed by atoms with Crippen LogP contribution in [0.1, 0.15) is 48.0 Å². The molecule has 8 heteroatoms. The van der Waals surface area contributed by atoms with Crippen LogP contribution in [0.3, 0.4) is 0 Å². The van der Waals surface area contributed by atoms with Gasteiger partial charge in [-0.05, 0) is 36.6 Å². The highest BCUT2D eigenvalue weighted by Gasteiger charge is 2.28. The number of piperazine rings is 1. The Bertz CT molecular complexity index is 1040. The number of nitrogens with zero attached hydrogens (tertiary/aromatic N) is 2. The molecular formula is C25H33N3O4S. The molecule has 1 aliphatic heterocycles. The Morgan fingerprint density at radius 2 is 1.70 bits per heavy atom. The van der Waals surface area contributed by atoms with Crippen molar-refractivity contribution in [2.45, 2.75) is 49.6 Å². The van der Waals surface area contributed by atoms with Crippen molar-refractivity contribution in [1.82, 2.24) is 14.5 Å². The number of ether oxygens (including phenoxy) is 1. The van der Waals surface area contributed by atoms with Crippen LogP contribution in [0.2, 0.25) is 0 Å². The number of nitrogens with one attached hydrogen (secondary N) is 1.